The summed E-state index contributed by atoms with van der Waals surface area (Å²) in [5, 5.41) is 2.66. The summed E-state index contributed by atoms with van der Waals surface area (Å²) in [5.41, 5.74) is 3.56. The van der Waals surface area contributed by atoms with Crippen LogP contribution in [-0.4, -0.2) is 11.7 Å². The Morgan fingerprint density at radius 1 is 0.852 bits per heavy atom. The van der Waals surface area contributed by atoms with Gasteiger partial charge >= 0.3 is 0 Å². The Bertz CT molecular complexity index is 964. The Morgan fingerprint density at radius 2 is 1.56 bits per heavy atom. The summed E-state index contributed by atoms with van der Waals surface area (Å²) in [6, 6.07) is 20.8. The van der Waals surface area contributed by atoms with Crippen LogP contribution in [0.4, 0.5) is 10.1 Å². The molecule has 0 aliphatic heterocycles. The number of anilines is 1. The van der Waals surface area contributed by atoms with E-state index >= 15 is 0 Å². The number of hydrogen-bond acceptors (Lipinski definition) is 2. The molecule has 0 aromatic heterocycles. The van der Waals surface area contributed by atoms with Crippen molar-refractivity contribution in [3.63, 3.8) is 0 Å². The van der Waals surface area contributed by atoms with Crippen molar-refractivity contribution in [2.75, 3.05) is 5.32 Å². The number of nitrogens with one attached hydrogen (secondary N) is 1. The van der Waals surface area contributed by atoms with Crippen molar-refractivity contribution in [3.8, 4) is 0 Å². The fourth-order valence-corrected chi connectivity index (χ4v) is 2.89. The third-order valence-corrected chi connectivity index (χ3v) is 4.22. The molecule has 0 saturated carbocycles. The fraction of sp³-hybridized carbons (Fsp3) is 0.130. The van der Waals surface area contributed by atoms with Gasteiger partial charge in [0, 0.05) is 18.5 Å². The molecule has 27 heavy (non-hydrogen) atoms. The van der Waals surface area contributed by atoms with Crippen LogP contribution in [-0.2, 0) is 17.6 Å². The summed E-state index contributed by atoms with van der Waals surface area (Å²) in [6.07, 6.45) is 0.725. The molecule has 0 atom stereocenters. The maximum atomic E-state index is 13.7. The quantitative estimate of drug-likeness (QED) is 0.689. The van der Waals surface area contributed by atoms with Gasteiger partial charge in [0.2, 0.25) is 0 Å². The highest BCUT2D eigenvalue weighted by atomic mass is 19.1. The smallest absolute Gasteiger partial charge is 0.258 e. The Kier molecular flexibility index (Phi) is 5.77. The van der Waals surface area contributed by atoms with Crippen molar-refractivity contribution >= 4 is 17.4 Å². The molecule has 1 amide bonds. The lowest BCUT2D eigenvalue weighted by atomic mass is 10.0. The van der Waals surface area contributed by atoms with E-state index in [9.17, 15) is 14.0 Å². The SMILES string of the molecule is Cc1cccc(CC(=O)Cc2ccc(NC(=O)c3ccccc3F)cc2)c1. The van der Waals surface area contributed by atoms with E-state index in [0.717, 1.165) is 16.7 Å². The Labute approximate surface area is 157 Å². The average Bonchev–Trinajstić information content (AvgIpc) is 2.63. The predicted octanol–water partition coefficient (Wildman–Crippen LogP) is 4.74. The molecule has 3 nitrogen and oxygen atoms in total. The maximum absolute atomic E-state index is 13.7. The molecule has 0 radical (unpaired) electrons. The highest BCUT2D eigenvalue weighted by Crippen LogP contribution is 2.14. The van der Waals surface area contributed by atoms with Crippen LogP contribution in [0.3, 0.4) is 0 Å². The summed E-state index contributed by atoms with van der Waals surface area (Å²) in [4.78, 5) is 24.4. The zero-order valence-electron chi connectivity index (χ0n) is 15.0. The van der Waals surface area contributed by atoms with Crippen LogP contribution in [0.5, 0.6) is 0 Å². The van der Waals surface area contributed by atoms with E-state index in [1.54, 1.807) is 30.3 Å². The van der Waals surface area contributed by atoms with Crippen molar-refractivity contribution in [3.05, 3.63) is 101 Å². The number of aryl methyl sites for hydroxylation is 1. The number of carbonyl (C=O) groups excluding carboxylic acids is 2. The Hall–Kier alpha value is -3.27. The van der Waals surface area contributed by atoms with Crippen molar-refractivity contribution < 1.29 is 14.0 Å². The molecule has 0 bridgehead atoms. The minimum Gasteiger partial charge on any atom is -0.322 e. The topological polar surface area (TPSA) is 46.2 Å². The molecule has 4 heteroatoms. The van der Waals surface area contributed by atoms with Gasteiger partial charge in [0.15, 0.2) is 0 Å². The van der Waals surface area contributed by atoms with Gasteiger partial charge < -0.3 is 5.32 Å². The lowest BCUT2D eigenvalue weighted by molar-refractivity contribution is -0.117. The summed E-state index contributed by atoms with van der Waals surface area (Å²) < 4.78 is 13.7. The Morgan fingerprint density at radius 3 is 2.26 bits per heavy atom. The van der Waals surface area contributed by atoms with Gasteiger partial charge in [-0.25, -0.2) is 4.39 Å². The van der Waals surface area contributed by atoms with Crippen molar-refractivity contribution in [2.24, 2.45) is 0 Å². The summed E-state index contributed by atoms with van der Waals surface area (Å²) in [6.45, 7) is 2.00. The number of benzene rings is 3. The molecule has 1 N–H and O–H groups in total. The number of carbonyl (C=O) groups is 2. The predicted molar refractivity (Wildman–Crippen MR) is 104 cm³/mol. The average molecular weight is 361 g/mol. The normalized spacial score (nSPS) is 10.4. The van der Waals surface area contributed by atoms with Crippen molar-refractivity contribution in [2.45, 2.75) is 19.8 Å². The number of hydrogen-bond donors (Lipinski definition) is 1. The second kappa shape index (κ2) is 8.41. The van der Waals surface area contributed by atoms with E-state index in [2.05, 4.69) is 5.32 Å². The fourth-order valence-electron chi connectivity index (χ4n) is 2.89. The van der Waals surface area contributed by atoms with Gasteiger partial charge in [0.25, 0.3) is 5.91 Å². The summed E-state index contributed by atoms with van der Waals surface area (Å²) in [7, 11) is 0. The van der Waals surface area contributed by atoms with Crippen molar-refractivity contribution in [1.82, 2.24) is 0 Å². The molecular formula is C23H20FNO2. The van der Waals surface area contributed by atoms with Gasteiger partial charge in [0.05, 0.1) is 5.56 Å². The Balaban J connectivity index is 1.59. The highest BCUT2D eigenvalue weighted by molar-refractivity contribution is 6.04. The van der Waals surface area contributed by atoms with Crippen LogP contribution in [0.2, 0.25) is 0 Å². The van der Waals surface area contributed by atoms with E-state index in [-0.39, 0.29) is 11.3 Å². The van der Waals surface area contributed by atoms with E-state index in [1.807, 2.05) is 31.2 Å². The van der Waals surface area contributed by atoms with Crippen LogP contribution >= 0.6 is 0 Å². The second-order valence-corrected chi connectivity index (χ2v) is 6.51. The molecule has 3 aromatic rings. The number of halogens is 1. The van der Waals surface area contributed by atoms with E-state index < -0.39 is 11.7 Å². The first kappa shape index (κ1) is 18.5. The molecule has 0 aliphatic rings. The summed E-state index contributed by atoms with van der Waals surface area (Å²) in [5.74, 6) is -0.937. The molecule has 0 aliphatic carbocycles. The molecule has 3 rings (SSSR count). The van der Waals surface area contributed by atoms with Crippen LogP contribution < -0.4 is 5.32 Å². The molecular weight excluding hydrogens is 341 g/mol. The van der Waals surface area contributed by atoms with Gasteiger partial charge in [-0.3, -0.25) is 9.59 Å². The number of amides is 1. The van der Waals surface area contributed by atoms with E-state index in [1.165, 1.54) is 18.2 Å². The van der Waals surface area contributed by atoms with E-state index in [4.69, 9.17) is 0 Å². The van der Waals surface area contributed by atoms with Crippen LogP contribution in [0.1, 0.15) is 27.0 Å². The minimum atomic E-state index is -0.562. The van der Waals surface area contributed by atoms with Crippen molar-refractivity contribution in [1.29, 1.82) is 0 Å². The van der Waals surface area contributed by atoms with Crippen LogP contribution in [0.15, 0.2) is 72.8 Å². The third kappa shape index (κ3) is 5.11. The molecule has 0 heterocycles. The zero-order valence-corrected chi connectivity index (χ0v) is 15.0. The van der Waals surface area contributed by atoms with Gasteiger partial charge in [-0.1, -0.05) is 54.1 Å². The monoisotopic (exact) mass is 361 g/mol. The van der Waals surface area contributed by atoms with Gasteiger partial charge in [0.1, 0.15) is 11.6 Å². The molecule has 0 saturated heterocycles. The second-order valence-electron chi connectivity index (χ2n) is 6.51. The lowest BCUT2D eigenvalue weighted by Crippen LogP contribution is -2.13. The third-order valence-electron chi connectivity index (χ3n) is 4.22. The standard InChI is InChI=1S/C23H20FNO2/c1-16-5-4-6-18(13-16)15-20(26)14-17-9-11-19(12-10-17)25-23(27)21-7-2-3-8-22(21)24/h2-13H,14-15H2,1H3,(H,25,27). The zero-order chi connectivity index (χ0) is 19.2. The van der Waals surface area contributed by atoms with Crippen LogP contribution in [0.25, 0.3) is 0 Å². The number of Topliss-reactive ketones (excluding diaryl/α,β-unsaturated/α-hetero) is 1. The summed E-state index contributed by atoms with van der Waals surface area (Å²) >= 11 is 0. The largest absolute Gasteiger partial charge is 0.322 e. The first-order chi connectivity index (χ1) is 13.0. The van der Waals surface area contributed by atoms with Gasteiger partial charge in [-0.05, 0) is 42.3 Å². The number of rotatable bonds is 6. The number of ketones is 1. The molecule has 3 aromatic carbocycles. The molecule has 0 spiro atoms. The van der Waals surface area contributed by atoms with E-state index in [0.29, 0.717) is 18.5 Å². The molecule has 0 fully saturated rings. The van der Waals surface area contributed by atoms with Gasteiger partial charge in [-0.2, -0.15) is 0 Å². The first-order valence-corrected chi connectivity index (χ1v) is 8.73. The minimum absolute atomic E-state index is 0.00471. The highest BCUT2D eigenvalue weighted by Gasteiger charge is 2.11. The lowest BCUT2D eigenvalue weighted by Gasteiger charge is -2.07. The first-order valence-electron chi connectivity index (χ1n) is 8.73. The van der Waals surface area contributed by atoms with Gasteiger partial charge in [-0.15, -0.1) is 0 Å². The maximum Gasteiger partial charge on any atom is 0.258 e. The van der Waals surface area contributed by atoms with Crippen LogP contribution in [0, 0.1) is 12.7 Å². The molecule has 136 valence electrons. The molecule has 0 unspecified atom stereocenters.